The van der Waals surface area contributed by atoms with Crippen LogP contribution in [0.3, 0.4) is 0 Å². The third-order valence-corrected chi connectivity index (χ3v) is 7.05. The maximum absolute atomic E-state index is 13.0. The molecule has 3 aliphatic rings. The first-order valence-corrected chi connectivity index (χ1v) is 11.6. The zero-order valence-corrected chi connectivity index (χ0v) is 18.5. The fraction of sp³-hybridized carbons (Fsp3) is 0.440. The molecule has 2 saturated heterocycles. The molecule has 1 aromatic heterocycles. The van der Waals surface area contributed by atoms with Gasteiger partial charge < -0.3 is 14.8 Å². The molecule has 8 heteroatoms. The highest BCUT2D eigenvalue weighted by Gasteiger charge is 2.39. The Morgan fingerprint density at radius 2 is 1.79 bits per heavy atom. The third-order valence-electron chi connectivity index (χ3n) is 7.05. The third kappa shape index (κ3) is 4.29. The summed E-state index contributed by atoms with van der Waals surface area (Å²) in [5.41, 5.74) is 2.09. The van der Waals surface area contributed by atoms with Crippen LogP contribution in [-0.4, -0.2) is 57.9 Å². The minimum atomic E-state index is -0.652. The standard InChI is InChI=1S/C25H28N4O4/c30-22(27-14-18-13-19(16-27)21-7-4-8-23(31)29(21)15-18)10-9-20-24(32)28(25(33)26-20)12-11-17-5-2-1-3-6-17/h1-8,18-20H,9-16H2,(H,26,33)/t18-,19+,20+/m1/s1. The van der Waals surface area contributed by atoms with Gasteiger partial charge in [-0.1, -0.05) is 36.4 Å². The second-order valence-electron chi connectivity index (χ2n) is 9.26. The Morgan fingerprint density at radius 3 is 2.61 bits per heavy atom. The number of imide groups is 1. The van der Waals surface area contributed by atoms with E-state index in [1.165, 1.54) is 4.90 Å². The smallest absolute Gasteiger partial charge is 0.324 e. The highest BCUT2D eigenvalue weighted by molar-refractivity contribution is 6.04. The number of benzene rings is 1. The van der Waals surface area contributed by atoms with Crippen LogP contribution in [0.5, 0.6) is 0 Å². The van der Waals surface area contributed by atoms with Gasteiger partial charge in [-0.2, -0.15) is 0 Å². The minimum absolute atomic E-state index is 0.00112. The first-order chi connectivity index (χ1) is 16.0. The average molecular weight is 449 g/mol. The molecule has 3 aliphatic heterocycles. The number of rotatable bonds is 6. The molecular weight excluding hydrogens is 420 g/mol. The monoisotopic (exact) mass is 448 g/mol. The number of hydrogen-bond donors (Lipinski definition) is 1. The molecule has 8 nitrogen and oxygen atoms in total. The van der Waals surface area contributed by atoms with Crippen molar-refractivity contribution < 1.29 is 14.4 Å². The number of urea groups is 1. The number of fused-ring (bicyclic) bond motifs is 4. The molecule has 33 heavy (non-hydrogen) atoms. The highest BCUT2D eigenvalue weighted by atomic mass is 16.2. The highest BCUT2D eigenvalue weighted by Crippen LogP contribution is 2.35. The summed E-state index contributed by atoms with van der Waals surface area (Å²) in [5, 5.41) is 2.74. The molecule has 4 amide bonds. The number of aromatic nitrogens is 1. The summed E-state index contributed by atoms with van der Waals surface area (Å²) >= 11 is 0. The molecule has 2 aromatic rings. The lowest BCUT2D eigenvalue weighted by Gasteiger charge is -2.42. The summed E-state index contributed by atoms with van der Waals surface area (Å²) < 4.78 is 1.84. The molecule has 5 rings (SSSR count). The van der Waals surface area contributed by atoms with Crippen molar-refractivity contribution in [1.82, 2.24) is 19.7 Å². The fourth-order valence-electron chi connectivity index (χ4n) is 5.40. The lowest BCUT2D eigenvalue weighted by atomic mass is 9.83. The number of hydrogen-bond acceptors (Lipinski definition) is 4. The number of nitrogens with zero attached hydrogens (tertiary/aromatic N) is 3. The number of carbonyl (C=O) groups is 3. The quantitative estimate of drug-likeness (QED) is 0.682. The normalized spacial score (nSPS) is 23.9. The molecule has 0 unspecified atom stereocenters. The number of carbonyl (C=O) groups excluding carboxylic acids is 3. The van der Waals surface area contributed by atoms with Gasteiger partial charge in [0.15, 0.2) is 0 Å². The van der Waals surface area contributed by atoms with Crippen molar-refractivity contribution in [1.29, 1.82) is 0 Å². The molecule has 0 radical (unpaired) electrons. The van der Waals surface area contributed by atoms with Crippen LogP contribution in [0.2, 0.25) is 0 Å². The largest absolute Gasteiger partial charge is 0.342 e. The predicted octanol–water partition coefficient (Wildman–Crippen LogP) is 1.74. The Hall–Kier alpha value is -3.42. The molecule has 172 valence electrons. The summed E-state index contributed by atoms with van der Waals surface area (Å²) in [6, 6.07) is 14.0. The van der Waals surface area contributed by atoms with Crippen molar-refractivity contribution >= 4 is 17.8 Å². The Kier molecular flexibility index (Phi) is 5.74. The zero-order chi connectivity index (χ0) is 22.9. The Balaban J connectivity index is 1.16. The predicted molar refractivity (Wildman–Crippen MR) is 122 cm³/mol. The van der Waals surface area contributed by atoms with Crippen LogP contribution < -0.4 is 10.9 Å². The number of amides is 4. The lowest BCUT2D eigenvalue weighted by Crippen LogP contribution is -2.49. The number of nitrogens with one attached hydrogen (secondary N) is 1. The number of pyridine rings is 1. The molecule has 2 bridgehead atoms. The van der Waals surface area contributed by atoms with Crippen LogP contribution in [0.1, 0.15) is 36.4 Å². The Labute approximate surface area is 192 Å². The summed E-state index contributed by atoms with van der Waals surface area (Å²) in [4.78, 5) is 53.3. The number of likely N-dealkylation sites (tertiary alicyclic amines) is 1. The Morgan fingerprint density at radius 1 is 0.970 bits per heavy atom. The van der Waals surface area contributed by atoms with Crippen LogP contribution in [0.25, 0.3) is 0 Å². The van der Waals surface area contributed by atoms with Crippen molar-refractivity contribution in [3.05, 3.63) is 70.1 Å². The maximum atomic E-state index is 13.0. The van der Waals surface area contributed by atoms with E-state index in [1.54, 1.807) is 12.1 Å². The summed E-state index contributed by atoms with van der Waals surface area (Å²) in [5.74, 6) is 0.173. The molecule has 2 fully saturated rings. The SMILES string of the molecule is O=C(CC[C@@H]1NC(=O)N(CCc2ccccc2)C1=O)N1C[C@H]2C[C@@H](C1)c1cccc(=O)n1C2. The van der Waals surface area contributed by atoms with Crippen LogP contribution in [-0.2, 0) is 22.6 Å². The molecule has 3 atom stereocenters. The topological polar surface area (TPSA) is 91.7 Å². The minimum Gasteiger partial charge on any atom is -0.342 e. The fourth-order valence-corrected chi connectivity index (χ4v) is 5.40. The van der Waals surface area contributed by atoms with Crippen molar-refractivity contribution in [3.8, 4) is 0 Å². The van der Waals surface area contributed by atoms with E-state index in [0.29, 0.717) is 39.0 Å². The van der Waals surface area contributed by atoms with Gasteiger partial charge in [0, 0.05) is 50.3 Å². The maximum Gasteiger partial charge on any atom is 0.324 e. The number of piperidine rings is 1. The van der Waals surface area contributed by atoms with Gasteiger partial charge in [0.05, 0.1) is 0 Å². The summed E-state index contributed by atoms with van der Waals surface area (Å²) in [7, 11) is 0. The van der Waals surface area contributed by atoms with Gasteiger partial charge >= 0.3 is 6.03 Å². The lowest BCUT2D eigenvalue weighted by molar-refractivity contribution is -0.134. The zero-order valence-electron chi connectivity index (χ0n) is 18.5. The van der Waals surface area contributed by atoms with Gasteiger partial charge in [-0.25, -0.2) is 4.79 Å². The molecule has 0 saturated carbocycles. The second kappa shape index (κ2) is 8.84. The van der Waals surface area contributed by atoms with Crippen LogP contribution in [0.4, 0.5) is 4.79 Å². The van der Waals surface area contributed by atoms with Gasteiger partial charge in [0.1, 0.15) is 6.04 Å². The Bertz CT molecular complexity index is 1130. The molecule has 0 aliphatic carbocycles. The van der Waals surface area contributed by atoms with Crippen LogP contribution >= 0.6 is 0 Å². The molecule has 4 heterocycles. The molecule has 1 aromatic carbocycles. The van der Waals surface area contributed by atoms with E-state index >= 15 is 0 Å². The van der Waals surface area contributed by atoms with Crippen molar-refractivity contribution in [2.75, 3.05) is 19.6 Å². The van der Waals surface area contributed by atoms with E-state index in [0.717, 1.165) is 17.7 Å². The van der Waals surface area contributed by atoms with Crippen LogP contribution in [0, 0.1) is 5.92 Å². The van der Waals surface area contributed by atoms with E-state index in [9.17, 15) is 19.2 Å². The van der Waals surface area contributed by atoms with Crippen molar-refractivity contribution in [2.45, 2.75) is 44.2 Å². The van der Waals surface area contributed by atoms with Gasteiger partial charge in [-0.15, -0.1) is 0 Å². The first-order valence-electron chi connectivity index (χ1n) is 11.6. The summed E-state index contributed by atoms with van der Waals surface area (Å²) in [6.07, 6.45) is 2.10. The average Bonchev–Trinajstić information content (AvgIpc) is 3.09. The van der Waals surface area contributed by atoms with E-state index in [-0.39, 0.29) is 41.7 Å². The first kappa shape index (κ1) is 21.4. The summed E-state index contributed by atoms with van der Waals surface area (Å²) in [6.45, 7) is 2.19. The molecule has 1 N–H and O–H groups in total. The van der Waals surface area contributed by atoms with Crippen molar-refractivity contribution in [3.63, 3.8) is 0 Å². The van der Waals surface area contributed by atoms with Gasteiger partial charge in [-0.05, 0) is 36.8 Å². The van der Waals surface area contributed by atoms with E-state index in [1.807, 2.05) is 45.9 Å². The van der Waals surface area contributed by atoms with Crippen LogP contribution in [0.15, 0.2) is 53.3 Å². The van der Waals surface area contributed by atoms with Gasteiger partial charge in [-0.3, -0.25) is 19.3 Å². The van der Waals surface area contributed by atoms with E-state index < -0.39 is 6.04 Å². The van der Waals surface area contributed by atoms with Crippen molar-refractivity contribution in [2.24, 2.45) is 5.92 Å². The molecule has 0 spiro atoms. The van der Waals surface area contributed by atoms with Gasteiger partial charge in [0.25, 0.3) is 11.5 Å². The second-order valence-corrected chi connectivity index (χ2v) is 9.26. The van der Waals surface area contributed by atoms with E-state index in [4.69, 9.17) is 0 Å². The van der Waals surface area contributed by atoms with E-state index in [2.05, 4.69) is 5.32 Å². The molecular formula is C25H28N4O4. The van der Waals surface area contributed by atoms with Gasteiger partial charge in [0.2, 0.25) is 5.91 Å².